The minimum Gasteiger partial charge on any atom is -0.458 e. The van der Waals surface area contributed by atoms with Gasteiger partial charge < -0.3 is 9.16 Å². The maximum absolute atomic E-state index is 13.6. The molecule has 0 bridgehead atoms. The lowest BCUT2D eigenvalue weighted by molar-refractivity contribution is -0.387. The van der Waals surface area contributed by atoms with Gasteiger partial charge in [-0.25, -0.2) is 8.42 Å². The summed E-state index contributed by atoms with van der Waals surface area (Å²) in [4.78, 5) is 22.1. The molecule has 1 aromatic carbocycles. The summed E-state index contributed by atoms with van der Waals surface area (Å²) >= 11 is 0. The Kier molecular flexibility index (Phi) is 9.80. The van der Waals surface area contributed by atoms with Crippen molar-refractivity contribution in [1.29, 1.82) is 0 Å². The van der Waals surface area contributed by atoms with Crippen LogP contribution in [0, 0.1) is 10.1 Å². The molecule has 3 atom stereocenters. The van der Waals surface area contributed by atoms with Crippen LogP contribution in [0.2, 0.25) is 18.1 Å². The Labute approximate surface area is 215 Å². The molecule has 1 aliphatic rings. The number of nitro benzene ring substituents is 1. The van der Waals surface area contributed by atoms with Gasteiger partial charge in [0.15, 0.2) is 13.2 Å². The third-order valence-corrected chi connectivity index (χ3v) is 13.2. The van der Waals surface area contributed by atoms with Crippen molar-refractivity contribution in [2.24, 2.45) is 0 Å². The Bertz CT molecular complexity index is 1100. The first-order chi connectivity index (χ1) is 16.6. The molecule has 0 radical (unpaired) electrons. The van der Waals surface area contributed by atoms with E-state index in [0.29, 0.717) is 19.3 Å². The molecule has 36 heavy (non-hydrogen) atoms. The fraction of sp³-hybridized carbons (Fsp3) is 0.560. The van der Waals surface area contributed by atoms with Crippen LogP contribution >= 0.6 is 0 Å². The van der Waals surface area contributed by atoms with Gasteiger partial charge >= 0.3 is 5.97 Å². The van der Waals surface area contributed by atoms with E-state index in [4.69, 9.17) is 9.16 Å². The predicted octanol–water partition coefficient (Wildman–Crippen LogP) is 5.20. The smallest absolute Gasteiger partial charge is 0.303 e. The molecule has 0 N–H and O–H groups in total. The van der Waals surface area contributed by atoms with Gasteiger partial charge in [-0.1, -0.05) is 57.7 Å². The van der Waals surface area contributed by atoms with Crippen LogP contribution in [-0.4, -0.2) is 56.7 Å². The normalized spacial score (nSPS) is 18.9. The van der Waals surface area contributed by atoms with E-state index in [-0.39, 0.29) is 16.5 Å². The van der Waals surface area contributed by atoms with Crippen LogP contribution in [-0.2, 0) is 24.0 Å². The Morgan fingerprint density at radius 3 is 2.53 bits per heavy atom. The molecule has 0 amide bonds. The van der Waals surface area contributed by atoms with Crippen molar-refractivity contribution in [3.05, 3.63) is 59.2 Å². The zero-order chi connectivity index (χ0) is 27.3. The summed E-state index contributed by atoms with van der Waals surface area (Å²) in [6, 6.07) is 4.80. The van der Waals surface area contributed by atoms with Crippen LogP contribution in [0.3, 0.4) is 0 Å². The Morgan fingerprint density at radius 2 is 1.97 bits per heavy atom. The Morgan fingerprint density at radius 1 is 1.33 bits per heavy atom. The quantitative estimate of drug-likeness (QED) is 0.125. The minimum atomic E-state index is -4.17. The summed E-state index contributed by atoms with van der Waals surface area (Å²) in [5, 5.41) is 11.4. The second-order valence-corrected chi connectivity index (χ2v) is 17.1. The molecule has 0 saturated heterocycles. The Balaban J connectivity index is 2.44. The summed E-state index contributed by atoms with van der Waals surface area (Å²) in [6.45, 7) is 15.8. The SMILES string of the molecule is C=C[C@H](C[C@H](C[C@H]1C=CCCN1S(=O)(=O)c1ccccc1[N+](=O)[O-])O[Si](C)(C)C(C)(C)C)OC(C)=O. The summed E-state index contributed by atoms with van der Waals surface area (Å²) in [5.74, 6) is -0.441. The first-order valence-electron chi connectivity index (χ1n) is 12.0. The second kappa shape index (κ2) is 11.8. The number of hydrogen-bond donors (Lipinski definition) is 0. The van der Waals surface area contributed by atoms with Crippen molar-refractivity contribution in [1.82, 2.24) is 4.31 Å². The molecule has 2 rings (SSSR count). The van der Waals surface area contributed by atoms with Crippen LogP contribution in [0.15, 0.2) is 54.0 Å². The third-order valence-electron chi connectivity index (χ3n) is 6.74. The number of sulfonamides is 1. The first kappa shape index (κ1) is 29.9. The highest BCUT2D eigenvalue weighted by Gasteiger charge is 2.42. The van der Waals surface area contributed by atoms with Crippen LogP contribution in [0.1, 0.15) is 47.0 Å². The number of benzene rings is 1. The van der Waals surface area contributed by atoms with Gasteiger partial charge in [0.25, 0.3) is 5.69 Å². The van der Waals surface area contributed by atoms with E-state index in [2.05, 4.69) is 40.4 Å². The number of hydrogen-bond acceptors (Lipinski definition) is 7. The van der Waals surface area contributed by atoms with Crippen LogP contribution in [0.5, 0.6) is 0 Å². The van der Waals surface area contributed by atoms with Gasteiger partial charge in [0.1, 0.15) is 6.10 Å². The average molecular weight is 539 g/mol. The fourth-order valence-electron chi connectivity index (χ4n) is 3.88. The topological polar surface area (TPSA) is 116 Å². The zero-order valence-electron chi connectivity index (χ0n) is 22.0. The molecule has 0 fully saturated rings. The average Bonchev–Trinajstić information content (AvgIpc) is 2.77. The van der Waals surface area contributed by atoms with Gasteiger partial charge in [0.05, 0.1) is 11.0 Å². The van der Waals surface area contributed by atoms with Gasteiger partial charge in [-0.3, -0.25) is 14.9 Å². The highest BCUT2D eigenvalue weighted by atomic mass is 32.2. The van der Waals surface area contributed by atoms with Crippen LogP contribution in [0.4, 0.5) is 5.69 Å². The van der Waals surface area contributed by atoms with E-state index in [0.717, 1.165) is 0 Å². The number of ether oxygens (including phenoxy) is 1. The minimum absolute atomic E-state index is 0.102. The Hall–Kier alpha value is -2.34. The number of carbonyl (C=O) groups excluding carboxylic acids is 1. The van der Waals surface area contributed by atoms with Gasteiger partial charge in [-0.2, -0.15) is 4.31 Å². The van der Waals surface area contributed by atoms with Gasteiger partial charge in [0.2, 0.25) is 10.0 Å². The fourth-order valence-corrected chi connectivity index (χ4v) is 7.03. The summed E-state index contributed by atoms with van der Waals surface area (Å²) in [7, 11) is -6.45. The molecule has 0 spiro atoms. The molecular formula is C25H38N2O7SSi. The monoisotopic (exact) mass is 538 g/mol. The first-order valence-corrected chi connectivity index (χ1v) is 16.3. The number of esters is 1. The van der Waals surface area contributed by atoms with E-state index >= 15 is 0 Å². The third kappa shape index (κ3) is 7.34. The standard InChI is InChI=1S/C25H38N2O7SSi/c1-8-21(33-19(2)28)18-22(34-36(6,7)25(3,4)5)17-20-13-11-12-16-26(20)35(31,32)24-15-10-9-14-23(24)27(29)30/h8-11,13-15,20-22H,1,12,16-18H2,2-7H3/t20-,21-,22+/m1/s1. The van der Waals surface area contributed by atoms with Crippen molar-refractivity contribution < 1.29 is 27.3 Å². The van der Waals surface area contributed by atoms with E-state index in [9.17, 15) is 23.3 Å². The van der Waals surface area contributed by atoms with Crippen molar-refractivity contribution in [2.45, 2.75) is 88.2 Å². The maximum Gasteiger partial charge on any atom is 0.303 e. The van der Waals surface area contributed by atoms with Gasteiger partial charge in [-0.05, 0) is 37.0 Å². The van der Waals surface area contributed by atoms with Crippen molar-refractivity contribution in [3.63, 3.8) is 0 Å². The van der Waals surface area contributed by atoms with Gasteiger partial charge in [0, 0.05) is 32.0 Å². The molecule has 0 aromatic heterocycles. The molecular weight excluding hydrogens is 500 g/mol. The van der Waals surface area contributed by atoms with Crippen LogP contribution in [0.25, 0.3) is 0 Å². The molecule has 200 valence electrons. The van der Waals surface area contributed by atoms with E-state index in [1.807, 2.05) is 12.2 Å². The summed E-state index contributed by atoms with van der Waals surface area (Å²) in [6.07, 6.45) is 5.35. The second-order valence-electron chi connectivity index (χ2n) is 10.5. The lowest BCUT2D eigenvalue weighted by Crippen LogP contribution is -2.48. The van der Waals surface area contributed by atoms with E-state index in [1.165, 1.54) is 35.5 Å². The van der Waals surface area contributed by atoms with Crippen molar-refractivity contribution >= 4 is 30.0 Å². The maximum atomic E-state index is 13.6. The predicted molar refractivity (Wildman–Crippen MR) is 142 cm³/mol. The number of carbonyl (C=O) groups is 1. The molecule has 0 unspecified atom stereocenters. The number of nitrogens with zero attached hydrogens (tertiary/aromatic N) is 2. The van der Waals surface area contributed by atoms with Crippen molar-refractivity contribution in [2.75, 3.05) is 6.54 Å². The van der Waals surface area contributed by atoms with Crippen molar-refractivity contribution in [3.8, 4) is 0 Å². The molecule has 9 nitrogen and oxygen atoms in total. The largest absolute Gasteiger partial charge is 0.458 e. The lowest BCUT2D eigenvalue weighted by Gasteiger charge is -2.41. The molecule has 11 heteroatoms. The molecule has 0 aliphatic carbocycles. The number of rotatable bonds is 11. The summed E-state index contributed by atoms with van der Waals surface area (Å²) < 4.78 is 40.7. The molecule has 0 saturated carbocycles. The zero-order valence-corrected chi connectivity index (χ0v) is 23.8. The molecule has 1 aliphatic heterocycles. The molecule has 1 heterocycles. The highest BCUT2D eigenvalue weighted by molar-refractivity contribution is 7.89. The summed E-state index contributed by atoms with van der Waals surface area (Å²) in [5.41, 5.74) is -0.457. The van der Waals surface area contributed by atoms with E-state index in [1.54, 1.807) is 6.08 Å². The van der Waals surface area contributed by atoms with Crippen LogP contribution < -0.4 is 0 Å². The number of para-hydroxylation sites is 1. The lowest BCUT2D eigenvalue weighted by atomic mass is 10.0. The van der Waals surface area contributed by atoms with E-state index < -0.39 is 53.2 Å². The van der Waals surface area contributed by atoms with Gasteiger partial charge in [-0.15, -0.1) is 0 Å². The number of nitro groups is 1. The highest BCUT2D eigenvalue weighted by Crippen LogP contribution is 2.39. The molecule has 1 aromatic rings.